The highest BCUT2D eigenvalue weighted by Crippen LogP contribution is 2.19. The Bertz CT molecular complexity index is 424. The molecule has 0 aliphatic carbocycles. The Morgan fingerprint density at radius 2 is 1.96 bits per heavy atom. The molecule has 2 saturated heterocycles. The zero-order valence-corrected chi connectivity index (χ0v) is 19.0. The van der Waals surface area contributed by atoms with Crippen LogP contribution in [-0.2, 0) is 4.79 Å². The summed E-state index contributed by atoms with van der Waals surface area (Å²) in [6.07, 6.45) is 6.57. The fourth-order valence-electron chi connectivity index (χ4n) is 3.72. The van der Waals surface area contributed by atoms with Gasteiger partial charge in [0.1, 0.15) is 0 Å². The van der Waals surface area contributed by atoms with Gasteiger partial charge in [0.15, 0.2) is 5.96 Å². The van der Waals surface area contributed by atoms with Crippen molar-refractivity contribution in [2.75, 3.05) is 52.4 Å². The van der Waals surface area contributed by atoms with Gasteiger partial charge < -0.3 is 20.4 Å². The van der Waals surface area contributed by atoms with Crippen molar-refractivity contribution < 1.29 is 4.79 Å². The molecule has 152 valence electrons. The van der Waals surface area contributed by atoms with Crippen molar-refractivity contribution in [3.05, 3.63) is 0 Å². The van der Waals surface area contributed by atoms with E-state index in [4.69, 9.17) is 0 Å². The molecule has 0 saturated carbocycles. The van der Waals surface area contributed by atoms with Crippen molar-refractivity contribution >= 4 is 35.8 Å². The number of guanidine groups is 1. The summed E-state index contributed by atoms with van der Waals surface area (Å²) >= 11 is 0. The van der Waals surface area contributed by atoms with Crippen LogP contribution in [-0.4, -0.2) is 74.0 Å². The van der Waals surface area contributed by atoms with Gasteiger partial charge in [0.25, 0.3) is 0 Å². The van der Waals surface area contributed by atoms with Gasteiger partial charge in [-0.3, -0.25) is 9.79 Å². The van der Waals surface area contributed by atoms with Gasteiger partial charge in [-0.05, 0) is 64.6 Å². The first-order valence-corrected chi connectivity index (χ1v) is 10.2. The van der Waals surface area contributed by atoms with Gasteiger partial charge in [0.05, 0.1) is 0 Å². The number of carbonyl (C=O) groups excluding carboxylic acids is 1. The van der Waals surface area contributed by atoms with Crippen LogP contribution in [0.4, 0.5) is 0 Å². The number of amides is 1. The van der Waals surface area contributed by atoms with Crippen LogP contribution in [0.1, 0.15) is 52.4 Å². The van der Waals surface area contributed by atoms with Crippen molar-refractivity contribution in [2.45, 2.75) is 52.4 Å². The van der Waals surface area contributed by atoms with Gasteiger partial charge in [-0.25, -0.2) is 0 Å². The molecule has 26 heavy (non-hydrogen) atoms. The molecule has 0 aromatic carbocycles. The Labute approximate surface area is 176 Å². The highest BCUT2D eigenvalue weighted by Gasteiger charge is 2.19. The maximum atomic E-state index is 11.6. The van der Waals surface area contributed by atoms with Crippen molar-refractivity contribution in [1.29, 1.82) is 0 Å². The Kier molecular flexibility index (Phi) is 12.3. The smallest absolute Gasteiger partial charge is 0.222 e. The summed E-state index contributed by atoms with van der Waals surface area (Å²) in [4.78, 5) is 20.8. The molecule has 0 aromatic heterocycles. The number of nitrogens with one attached hydrogen (secondary N) is 2. The standard InChI is InChI=1S/C19H37N5O.HI/c1-3-20-19(21-11-6-14-24-13-5-7-18(24)25)22-12-8-17-9-15-23(4-2)16-10-17;/h17H,3-16H2,1-2H3,(H2,20,21,22);1H. The molecule has 6 nitrogen and oxygen atoms in total. The molecule has 0 atom stereocenters. The zero-order valence-electron chi connectivity index (χ0n) is 16.6. The summed E-state index contributed by atoms with van der Waals surface area (Å²) in [5.74, 6) is 2.07. The lowest BCUT2D eigenvalue weighted by Gasteiger charge is -2.31. The number of halogens is 1. The van der Waals surface area contributed by atoms with E-state index < -0.39 is 0 Å². The lowest BCUT2D eigenvalue weighted by atomic mass is 9.93. The molecule has 2 N–H and O–H groups in total. The summed E-state index contributed by atoms with van der Waals surface area (Å²) in [7, 11) is 0. The first kappa shape index (κ1) is 23.5. The molecule has 7 heteroatoms. The molecule has 0 bridgehead atoms. The largest absolute Gasteiger partial charge is 0.357 e. The number of aliphatic imine (C=N–C) groups is 1. The van der Waals surface area contributed by atoms with Gasteiger partial charge in [-0.2, -0.15) is 0 Å². The van der Waals surface area contributed by atoms with Crippen molar-refractivity contribution in [3.63, 3.8) is 0 Å². The van der Waals surface area contributed by atoms with E-state index in [2.05, 4.69) is 34.4 Å². The maximum Gasteiger partial charge on any atom is 0.222 e. The third-order valence-electron chi connectivity index (χ3n) is 5.37. The Morgan fingerprint density at radius 3 is 2.58 bits per heavy atom. The van der Waals surface area contributed by atoms with Crippen LogP contribution in [0.3, 0.4) is 0 Å². The van der Waals surface area contributed by atoms with Gasteiger partial charge in [0.2, 0.25) is 5.91 Å². The second kappa shape index (κ2) is 13.6. The maximum absolute atomic E-state index is 11.6. The van der Waals surface area contributed by atoms with Crippen molar-refractivity contribution in [2.24, 2.45) is 10.9 Å². The van der Waals surface area contributed by atoms with Gasteiger partial charge >= 0.3 is 0 Å². The number of hydrogen-bond donors (Lipinski definition) is 2. The third-order valence-corrected chi connectivity index (χ3v) is 5.37. The van der Waals surface area contributed by atoms with Crippen LogP contribution in [0.25, 0.3) is 0 Å². The molecule has 0 spiro atoms. The summed E-state index contributed by atoms with van der Waals surface area (Å²) in [5, 5.41) is 6.80. The van der Waals surface area contributed by atoms with Crippen molar-refractivity contribution in [3.8, 4) is 0 Å². The second-order valence-corrected chi connectivity index (χ2v) is 7.19. The number of likely N-dealkylation sites (tertiary alicyclic amines) is 2. The van der Waals surface area contributed by atoms with Crippen LogP contribution >= 0.6 is 24.0 Å². The summed E-state index contributed by atoms with van der Waals surface area (Å²) in [6.45, 7) is 12.5. The molecule has 2 aliphatic rings. The van der Waals surface area contributed by atoms with Crippen LogP contribution in [0, 0.1) is 5.92 Å². The zero-order chi connectivity index (χ0) is 17.9. The molecule has 2 fully saturated rings. The molecule has 1 amide bonds. The number of carbonyl (C=O) groups is 1. The minimum absolute atomic E-state index is 0. The first-order chi connectivity index (χ1) is 12.2. The molecule has 2 aliphatic heterocycles. The van der Waals surface area contributed by atoms with Gasteiger partial charge in [-0.15, -0.1) is 24.0 Å². The predicted octanol–water partition coefficient (Wildman–Crippen LogP) is 2.29. The number of hydrogen-bond acceptors (Lipinski definition) is 3. The van der Waals surface area contributed by atoms with E-state index in [1.165, 1.54) is 38.9 Å². The summed E-state index contributed by atoms with van der Waals surface area (Å²) in [5.41, 5.74) is 0. The minimum Gasteiger partial charge on any atom is -0.357 e. The second-order valence-electron chi connectivity index (χ2n) is 7.19. The quantitative estimate of drug-likeness (QED) is 0.231. The van der Waals surface area contributed by atoms with Gasteiger partial charge in [0, 0.05) is 39.1 Å². The van der Waals surface area contributed by atoms with E-state index in [1.807, 2.05) is 4.90 Å². The van der Waals surface area contributed by atoms with Crippen molar-refractivity contribution in [1.82, 2.24) is 20.4 Å². The fourth-order valence-corrected chi connectivity index (χ4v) is 3.72. The Hall–Kier alpha value is -0.570. The average Bonchev–Trinajstić information content (AvgIpc) is 3.04. The van der Waals surface area contributed by atoms with Crippen LogP contribution < -0.4 is 10.6 Å². The average molecular weight is 479 g/mol. The molecule has 0 unspecified atom stereocenters. The Balaban J connectivity index is 0.00000338. The van der Waals surface area contributed by atoms with Gasteiger partial charge in [-0.1, -0.05) is 6.92 Å². The summed E-state index contributed by atoms with van der Waals surface area (Å²) in [6, 6.07) is 0. The van der Waals surface area contributed by atoms with E-state index in [1.54, 1.807) is 0 Å². The number of rotatable bonds is 9. The van der Waals surface area contributed by atoms with Crippen LogP contribution in [0.2, 0.25) is 0 Å². The Morgan fingerprint density at radius 1 is 1.19 bits per heavy atom. The number of nitrogens with zero attached hydrogens (tertiary/aromatic N) is 3. The number of piperidine rings is 1. The topological polar surface area (TPSA) is 60.0 Å². The molecule has 0 radical (unpaired) electrons. The molecule has 2 heterocycles. The molecular formula is C19H38IN5O. The lowest BCUT2D eigenvalue weighted by Crippen LogP contribution is -2.39. The van der Waals surface area contributed by atoms with E-state index in [0.717, 1.165) is 63.9 Å². The highest BCUT2D eigenvalue weighted by atomic mass is 127. The molecule has 2 rings (SSSR count). The molecular weight excluding hydrogens is 441 g/mol. The monoisotopic (exact) mass is 479 g/mol. The third kappa shape index (κ3) is 8.41. The summed E-state index contributed by atoms with van der Waals surface area (Å²) < 4.78 is 0. The van der Waals surface area contributed by atoms with Crippen LogP contribution in [0.15, 0.2) is 4.99 Å². The molecule has 0 aromatic rings. The fraction of sp³-hybridized carbons (Fsp3) is 0.895. The first-order valence-electron chi connectivity index (χ1n) is 10.2. The van der Waals surface area contributed by atoms with E-state index in [-0.39, 0.29) is 24.0 Å². The van der Waals surface area contributed by atoms with E-state index in [9.17, 15) is 4.79 Å². The SMILES string of the molecule is CCNC(=NCCCN1CCCC1=O)NCCC1CCN(CC)CC1.I. The van der Waals surface area contributed by atoms with E-state index >= 15 is 0 Å². The minimum atomic E-state index is 0. The normalized spacial score (nSPS) is 19.5. The predicted molar refractivity (Wildman–Crippen MR) is 119 cm³/mol. The van der Waals surface area contributed by atoms with E-state index in [0.29, 0.717) is 5.91 Å². The highest BCUT2D eigenvalue weighted by molar-refractivity contribution is 14.0. The lowest BCUT2D eigenvalue weighted by molar-refractivity contribution is -0.127. The van der Waals surface area contributed by atoms with Crippen LogP contribution in [0.5, 0.6) is 0 Å².